The summed E-state index contributed by atoms with van der Waals surface area (Å²) in [5, 5.41) is 10.6. The molecule has 22 heavy (non-hydrogen) atoms. The molecule has 132 valence electrons. The lowest BCUT2D eigenvalue weighted by atomic mass is 10.1. The van der Waals surface area contributed by atoms with Crippen LogP contribution in [0.15, 0.2) is 0 Å². The maximum absolute atomic E-state index is 12.9. The molecule has 0 aliphatic carbocycles. The lowest BCUT2D eigenvalue weighted by Crippen LogP contribution is -2.50. The van der Waals surface area contributed by atoms with E-state index in [9.17, 15) is 14.5 Å². The first kappa shape index (κ1) is 21.5. The first-order valence-electron chi connectivity index (χ1n) is 7.61. The van der Waals surface area contributed by atoms with Crippen LogP contribution in [0, 0.1) is 0 Å². The number of hydroxylamine groups is 2. The molecule has 2 unspecified atom stereocenters. The first-order chi connectivity index (χ1) is 10.0. The Labute approximate surface area is 133 Å². The predicted octanol–water partition coefficient (Wildman–Crippen LogP) is 3.49. The summed E-state index contributed by atoms with van der Waals surface area (Å²) in [7, 11) is -3.45. The molecule has 7 nitrogen and oxygen atoms in total. The number of hydrogen-bond acceptors (Lipinski definition) is 6. The van der Waals surface area contributed by atoms with Gasteiger partial charge < -0.3 is 14.2 Å². The quantitative estimate of drug-likeness (QED) is 0.481. The molecule has 0 fully saturated rings. The maximum atomic E-state index is 12.9. The van der Waals surface area contributed by atoms with E-state index in [-0.39, 0.29) is 13.2 Å². The lowest BCUT2D eigenvalue weighted by Gasteiger charge is -2.41. The fraction of sp³-hybridized carbons (Fsp3) is 0.929. The summed E-state index contributed by atoms with van der Waals surface area (Å²) >= 11 is 0. The number of carbonyl (C=O) groups is 1. The molecule has 0 aliphatic heterocycles. The number of carboxylic acid groups (broad SMARTS) is 1. The van der Waals surface area contributed by atoms with Gasteiger partial charge in [0.05, 0.1) is 13.2 Å². The Balaban J connectivity index is 5.50. The van der Waals surface area contributed by atoms with Gasteiger partial charge in [-0.2, -0.15) is 5.06 Å². The standard InChI is InChI=1S/C14H30NO6P/c1-8-12(13(16)17)21-15(14(5,6)7)11(4)22(18,19-9-2)20-10-3/h11-12H,8-10H2,1-7H3,(H,16,17). The zero-order chi connectivity index (χ0) is 17.6. The molecule has 8 heteroatoms. The van der Waals surface area contributed by atoms with Gasteiger partial charge >= 0.3 is 13.6 Å². The van der Waals surface area contributed by atoms with Crippen molar-refractivity contribution >= 4 is 13.6 Å². The number of nitrogens with zero attached hydrogens (tertiary/aromatic N) is 1. The van der Waals surface area contributed by atoms with Crippen LogP contribution in [-0.2, 0) is 23.2 Å². The van der Waals surface area contributed by atoms with Crippen molar-refractivity contribution in [3.8, 4) is 0 Å². The first-order valence-corrected chi connectivity index (χ1v) is 9.22. The molecule has 0 saturated heterocycles. The summed E-state index contributed by atoms with van der Waals surface area (Å²) < 4.78 is 23.6. The Kier molecular flexibility index (Phi) is 8.80. The van der Waals surface area contributed by atoms with Crippen LogP contribution in [0.5, 0.6) is 0 Å². The minimum atomic E-state index is -3.45. The number of carboxylic acids is 1. The van der Waals surface area contributed by atoms with Crippen molar-refractivity contribution in [1.82, 2.24) is 5.06 Å². The molecule has 0 spiro atoms. The van der Waals surface area contributed by atoms with Gasteiger partial charge in [-0.05, 0) is 48.0 Å². The van der Waals surface area contributed by atoms with Gasteiger partial charge in [-0.15, -0.1) is 0 Å². The minimum Gasteiger partial charge on any atom is -0.479 e. The van der Waals surface area contributed by atoms with Crippen molar-refractivity contribution < 1.29 is 28.4 Å². The molecule has 2 atom stereocenters. The van der Waals surface area contributed by atoms with E-state index in [1.807, 2.05) is 20.8 Å². The SMILES string of the molecule is CCOP(=O)(OCC)C(C)N(OC(CC)C(=O)O)C(C)(C)C. The van der Waals surface area contributed by atoms with E-state index in [1.165, 1.54) is 5.06 Å². The van der Waals surface area contributed by atoms with Crippen LogP contribution in [0.1, 0.15) is 54.9 Å². The second kappa shape index (κ2) is 8.99. The average Bonchev–Trinajstić information content (AvgIpc) is 2.37. The molecule has 0 amide bonds. The molecule has 0 aliphatic rings. The van der Waals surface area contributed by atoms with Gasteiger partial charge in [0.1, 0.15) is 5.78 Å². The van der Waals surface area contributed by atoms with Crippen LogP contribution >= 0.6 is 7.60 Å². The Morgan fingerprint density at radius 3 is 1.91 bits per heavy atom. The third kappa shape index (κ3) is 5.97. The summed E-state index contributed by atoms with van der Waals surface area (Å²) in [6, 6.07) is 0. The van der Waals surface area contributed by atoms with Crippen LogP contribution in [0.4, 0.5) is 0 Å². The highest BCUT2D eigenvalue weighted by molar-refractivity contribution is 7.54. The van der Waals surface area contributed by atoms with E-state index < -0.39 is 31.0 Å². The molecule has 0 saturated carbocycles. The number of hydrogen-bond donors (Lipinski definition) is 1. The van der Waals surface area contributed by atoms with E-state index in [2.05, 4.69) is 0 Å². The highest BCUT2D eigenvalue weighted by Crippen LogP contribution is 2.55. The largest absolute Gasteiger partial charge is 0.479 e. The van der Waals surface area contributed by atoms with Gasteiger partial charge in [0, 0.05) is 5.54 Å². The van der Waals surface area contributed by atoms with Crippen molar-refractivity contribution in [3.05, 3.63) is 0 Å². The van der Waals surface area contributed by atoms with E-state index in [0.717, 1.165) is 0 Å². The summed E-state index contributed by atoms with van der Waals surface area (Å²) in [5.74, 6) is -1.80. The molecule has 0 aromatic heterocycles. The van der Waals surface area contributed by atoms with Gasteiger partial charge in [-0.1, -0.05) is 6.92 Å². The summed E-state index contributed by atoms with van der Waals surface area (Å²) in [6.07, 6.45) is -0.722. The Hall–Kier alpha value is -0.460. The molecule has 0 aromatic carbocycles. The van der Waals surface area contributed by atoms with Crippen LogP contribution < -0.4 is 0 Å². The topological polar surface area (TPSA) is 85.3 Å². The molecule has 0 bridgehead atoms. The lowest BCUT2D eigenvalue weighted by molar-refractivity contribution is -0.252. The summed E-state index contributed by atoms with van der Waals surface area (Å²) in [6.45, 7) is 12.8. The second-order valence-electron chi connectivity index (χ2n) is 5.84. The zero-order valence-corrected chi connectivity index (χ0v) is 15.6. The monoisotopic (exact) mass is 339 g/mol. The molecule has 1 N–H and O–H groups in total. The highest BCUT2D eigenvalue weighted by Gasteiger charge is 2.43. The Morgan fingerprint density at radius 2 is 1.64 bits per heavy atom. The molecular weight excluding hydrogens is 309 g/mol. The van der Waals surface area contributed by atoms with E-state index in [0.29, 0.717) is 6.42 Å². The molecular formula is C14H30NO6P. The minimum absolute atomic E-state index is 0.232. The van der Waals surface area contributed by atoms with Crippen molar-refractivity contribution in [3.63, 3.8) is 0 Å². The van der Waals surface area contributed by atoms with Gasteiger partial charge in [-0.3, -0.25) is 9.40 Å². The maximum Gasteiger partial charge on any atom is 0.349 e. The van der Waals surface area contributed by atoms with Crippen molar-refractivity contribution in [2.45, 2.75) is 72.3 Å². The summed E-state index contributed by atoms with van der Waals surface area (Å²) in [4.78, 5) is 16.9. The fourth-order valence-electron chi connectivity index (χ4n) is 1.98. The van der Waals surface area contributed by atoms with Gasteiger partial charge in [-0.25, -0.2) is 4.79 Å². The van der Waals surface area contributed by atoms with Crippen LogP contribution in [0.2, 0.25) is 0 Å². The summed E-state index contributed by atoms with van der Waals surface area (Å²) in [5.41, 5.74) is -0.577. The average molecular weight is 339 g/mol. The Morgan fingerprint density at radius 1 is 1.18 bits per heavy atom. The van der Waals surface area contributed by atoms with Gasteiger partial charge in [0.15, 0.2) is 6.10 Å². The second-order valence-corrected chi connectivity index (χ2v) is 8.19. The van der Waals surface area contributed by atoms with Gasteiger partial charge in [0.25, 0.3) is 0 Å². The molecule has 0 rings (SSSR count). The zero-order valence-electron chi connectivity index (χ0n) is 14.7. The third-order valence-corrected chi connectivity index (χ3v) is 5.32. The molecule has 0 heterocycles. The normalized spacial score (nSPS) is 15.8. The van der Waals surface area contributed by atoms with Crippen molar-refractivity contribution in [2.24, 2.45) is 0 Å². The van der Waals surface area contributed by atoms with Crippen LogP contribution in [-0.4, -0.2) is 46.8 Å². The van der Waals surface area contributed by atoms with Crippen LogP contribution in [0.3, 0.4) is 0 Å². The van der Waals surface area contributed by atoms with Gasteiger partial charge in [0.2, 0.25) is 0 Å². The van der Waals surface area contributed by atoms with E-state index in [4.69, 9.17) is 13.9 Å². The smallest absolute Gasteiger partial charge is 0.349 e. The third-order valence-electron chi connectivity index (χ3n) is 2.96. The van der Waals surface area contributed by atoms with Crippen molar-refractivity contribution in [1.29, 1.82) is 0 Å². The molecule has 0 radical (unpaired) electrons. The van der Waals surface area contributed by atoms with E-state index >= 15 is 0 Å². The Bertz CT molecular complexity index is 385. The van der Waals surface area contributed by atoms with E-state index in [1.54, 1.807) is 27.7 Å². The predicted molar refractivity (Wildman–Crippen MR) is 84.7 cm³/mol. The fourth-order valence-corrected chi connectivity index (χ4v) is 3.86. The molecule has 0 aromatic rings. The number of rotatable bonds is 10. The van der Waals surface area contributed by atoms with Crippen LogP contribution in [0.25, 0.3) is 0 Å². The van der Waals surface area contributed by atoms with Crippen molar-refractivity contribution in [2.75, 3.05) is 13.2 Å². The highest BCUT2D eigenvalue weighted by atomic mass is 31.2. The number of aliphatic carboxylic acids is 1.